The standard InChI is InChI=1S/C13H12Cl2N2/c1-17(11-5-2-9(14)3-6-11)13-8-10(15)4-7-12(13)16/h2-8H,16H2,1H3. The second kappa shape index (κ2) is 4.86. The molecular weight excluding hydrogens is 255 g/mol. The van der Waals surface area contributed by atoms with Gasteiger partial charge >= 0.3 is 0 Å². The summed E-state index contributed by atoms with van der Waals surface area (Å²) in [6, 6.07) is 13.0. The molecule has 0 spiro atoms. The van der Waals surface area contributed by atoms with Crippen LogP contribution in [-0.2, 0) is 0 Å². The van der Waals surface area contributed by atoms with Crippen molar-refractivity contribution >= 4 is 40.3 Å². The first kappa shape index (κ1) is 12.1. The lowest BCUT2D eigenvalue weighted by Gasteiger charge is -2.21. The van der Waals surface area contributed by atoms with Crippen LogP contribution in [0.15, 0.2) is 42.5 Å². The molecule has 4 heteroatoms. The minimum absolute atomic E-state index is 0.662. The molecule has 0 atom stereocenters. The zero-order valence-electron chi connectivity index (χ0n) is 9.32. The monoisotopic (exact) mass is 266 g/mol. The fourth-order valence-electron chi connectivity index (χ4n) is 1.61. The highest BCUT2D eigenvalue weighted by atomic mass is 35.5. The highest BCUT2D eigenvalue weighted by Gasteiger charge is 2.08. The van der Waals surface area contributed by atoms with Crippen molar-refractivity contribution in [1.29, 1.82) is 0 Å². The molecule has 2 N–H and O–H groups in total. The zero-order valence-corrected chi connectivity index (χ0v) is 10.8. The van der Waals surface area contributed by atoms with Crippen LogP contribution in [0.2, 0.25) is 10.0 Å². The second-order valence-corrected chi connectivity index (χ2v) is 4.61. The van der Waals surface area contributed by atoms with Gasteiger partial charge in [0, 0.05) is 22.8 Å². The number of halogens is 2. The lowest BCUT2D eigenvalue weighted by molar-refractivity contribution is 1.21. The number of anilines is 3. The molecule has 0 saturated heterocycles. The molecule has 2 nitrogen and oxygen atoms in total. The Morgan fingerprint density at radius 2 is 1.53 bits per heavy atom. The summed E-state index contributed by atoms with van der Waals surface area (Å²) in [4.78, 5) is 1.97. The summed E-state index contributed by atoms with van der Waals surface area (Å²) in [6.07, 6.45) is 0. The Bertz CT molecular complexity index is 523. The van der Waals surface area contributed by atoms with Crippen LogP contribution in [0.3, 0.4) is 0 Å². The van der Waals surface area contributed by atoms with Crippen molar-refractivity contribution in [3.05, 3.63) is 52.5 Å². The van der Waals surface area contributed by atoms with E-state index in [0.717, 1.165) is 11.4 Å². The summed E-state index contributed by atoms with van der Waals surface area (Å²) < 4.78 is 0. The van der Waals surface area contributed by atoms with Crippen molar-refractivity contribution in [3.63, 3.8) is 0 Å². The van der Waals surface area contributed by atoms with E-state index < -0.39 is 0 Å². The first-order valence-corrected chi connectivity index (χ1v) is 5.88. The molecule has 0 amide bonds. The lowest BCUT2D eigenvalue weighted by atomic mass is 10.2. The summed E-state index contributed by atoms with van der Waals surface area (Å²) in [7, 11) is 1.94. The number of nitrogens with zero attached hydrogens (tertiary/aromatic N) is 1. The van der Waals surface area contributed by atoms with Crippen molar-refractivity contribution < 1.29 is 0 Å². The van der Waals surface area contributed by atoms with E-state index in [1.807, 2.05) is 42.3 Å². The predicted molar refractivity (Wildman–Crippen MR) is 75.4 cm³/mol. The van der Waals surface area contributed by atoms with Gasteiger partial charge in [0.15, 0.2) is 0 Å². The minimum atomic E-state index is 0.662. The molecule has 0 fully saturated rings. The maximum absolute atomic E-state index is 5.97. The molecule has 88 valence electrons. The van der Waals surface area contributed by atoms with E-state index in [4.69, 9.17) is 28.9 Å². The first-order valence-electron chi connectivity index (χ1n) is 5.12. The third-order valence-corrected chi connectivity index (χ3v) is 3.05. The fraction of sp³-hybridized carbons (Fsp3) is 0.0769. The van der Waals surface area contributed by atoms with E-state index in [0.29, 0.717) is 15.7 Å². The Hall–Kier alpha value is -1.38. The quantitative estimate of drug-likeness (QED) is 0.820. The summed E-state index contributed by atoms with van der Waals surface area (Å²) >= 11 is 11.8. The minimum Gasteiger partial charge on any atom is -0.397 e. The Labute approximate surface area is 111 Å². The first-order chi connectivity index (χ1) is 8.08. The van der Waals surface area contributed by atoms with Crippen molar-refractivity contribution in [2.24, 2.45) is 0 Å². The number of nitrogens with two attached hydrogens (primary N) is 1. The van der Waals surface area contributed by atoms with Gasteiger partial charge in [0.25, 0.3) is 0 Å². The van der Waals surface area contributed by atoms with Gasteiger partial charge in [0.05, 0.1) is 11.4 Å². The van der Waals surface area contributed by atoms with E-state index >= 15 is 0 Å². The molecule has 0 bridgehead atoms. The van der Waals surface area contributed by atoms with Gasteiger partial charge in [-0.05, 0) is 42.5 Å². The molecule has 0 aliphatic carbocycles. The smallest absolute Gasteiger partial charge is 0.0656 e. The number of nitrogen functional groups attached to an aromatic ring is 1. The molecule has 0 aromatic heterocycles. The molecule has 2 aromatic rings. The molecule has 17 heavy (non-hydrogen) atoms. The van der Waals surface area contributed by atoms with E-state index in [1.165, 1.54) is 0 Å². The Morgan fingerprint density at radius 3 is 2.18 bits per heavy atom. The number of benzene rings is 2. The molecule has 0 radical (unpaired) electrons. The Balaban J connectivity index is 2.39. The zero-order chi connectivity index (χ0) is 12.4. The summed E-state index contributed by atoms with van der Waals surface area (Å²) in [5.74, 6) is 0. The normalized spacial score (nSPS) is 10.3. The van der Waals surface area contributed by atoms with Crippen molar-refractivity contribution in [2.75, 3.05) is 17.7 Å². The largest absolute Gasteiger partial charge is 0.397 e. The summed E-state index contributed by atoms with van der Waals surface area (Å²) in [6.45, 7) is 0. The highest BCUT2D eigenvalue weighted by Crippen LogP contribution is 2.31. The third kappa shape index (κ3) is 2.65. The molecule has 0 aliphatic heterocycles. The van der Waals surface area contributed by atoms with Crippen LogP contribution in [0.1, 0.15) is 0 Å². The van der Waals surface area contributed by atoms with E-state index in [1.54, 1.807) is 12.1 Å². The molecule has 0 saturated carbocycles. The number of hydrogen-bond acceptors (Lipinski definition) is 2. The SMILES string of the molecule is CN(c1ccc(Cl)cc1)c1cc(Cl)ccc1N. The van der Waals surface area contributed by atoms with Gasteiger partial charge in [0.1, 0.15) is 0 Å². The van der Waals surface area contributed by atoms with Crippen LogP contribution in [0.25, 0.3) is 0 Å². The van der Waals surface area contributed by atoms with Crippen LogP contribution in [0.5, 0.6) is 0 Å². The molecule has 0 aliphatic rings. The van der Waals surface area contributed by atoms with Crippen LogP contribution in [0.4, 0.5) is 17.1 Å². The maximum atomic E-state index is 5.97. The van der Waals surface area contributed by atoms with Crippen LogP contribution in [0, 0.1) is 0 Å². The molecule has 2 rings (SSSR count). The molecule has 0 heterocycles. The number of hydrogen-bond donors (Lipinski definition) is 1. The van der Waals surface area contributed by atoms with Gasteiger partial charge in [-0.25, -0.2) is 0 Å². The van der Waals surface area contributed by atoms with Crippen molar-refractivity contribution in [2.45, 2.75) is 0 Å². The topological polar surface area (TPSA) is 29.3 Å². The van der Waals surface area contributed by atoms with Crippen molar-refractivity contribution in [1.82, 2.24) is 0 Å². The van der Waals surface area contributed by atoms with Gasteiger partial charge in [-0.15, -0.1) is 0 Å². The van der Waals surface area contributed by atoms with Gasteiger partial charge in [0.2, 0.25) is 0 Å². The van der Waals surface area contributed by atoms with Gasteiger partial charge in [-0.2, -0.15) is 0 Å². The van der Waals surface area contributed by atoms with Crippen LogP contribution >= 0.6 is 23.2 Å². The summed E-state index contributed by atoms with van der Waals surface area (Å²) in [5.41, 5.74) is 8.50. The maximum Gasteiger partial charge on any atom is 0.0656 e. The van der Waals surface area contributed by atoms with Gasteiger partial charge < -0.3 is 10.6 Å². The van der Waals surface area contributed by atoms with Crippen LogP contribution in [-0.4, -0.2) is 7.05 Å². The lowest BCUT2D eigenvalue weighted by Crippen LogP contribution is -2.11. The van der Waals surface area contributed by atoms with Crippen LogP contribution < -0.4 is 10.6 Å². The predicted octanol–water partition coefficient (Wildman–Crippen LogP) is 4.34. The van der Waals surface area contributed by atoms with Crippen molar-refractivity contribution in [3.8, 4) is 0 Å². The summed E-state index contributed by atoms with van der Waals surface area (Å²) in [5, 5.41) is 1.37. The molecule has 0 unspecified atom stereocenters. The average Bonchev–Trinajstić information content (AvgIpc) is 2.32. The Morgan fingerprint density at radius 1 is 0.941 bits per heavy atom. The highest BCUT2D eigenvalue weighted by molar-refractivity contribution is 6.31. The molecular formula is C13H12Cl2N2. The average molecular weight is 267 g/mol. The Kier molecular flexibility index (Phi) is 3.46. The number of rotatable bonds is 2. The second-order valence-electron chi connectivity index (χ2n) is 3.74. The fourth-order valence-corrected chi connectivity index (χ4v) is 1.90. The molecule has 2 aromatic carbocycles. The third-order valence-electron chi connectivity index (χ3n) is 2.57. The van der Waals surface area contributed by atoms with Gasteiger partial charge in [-0.3, -0.25) is 0 Å². The van der Waals surface area contributed by atoms with E-state index in [9.17, 15) is 0 Å². The van der Waals surface area contributed by atoms with Gasteiger partial charge in [-0.1, -0.05) is 23.2 Å². The van der Waals surface area contributed by atoms with E-state index in [-0.39, 0.29) is 0 Å². The van der Waals surface area contributed by atoms with E-state index in [2.05, 4.69) is 0 Å².